The third-order valence-electron chi connectivity index (χ3n) is 5.89. The number of aromatic nitrogens is 4. The highest BCUT2D eigenvalue weighted by Crippen LogP contribution is 2.21. The number of hydrogen-bond acceptors (Lipinski definition) is 6. The van der Waals surface area contributed by atoms with Crippen LogP contribution in [0.3, 0.4) is 0 Å². The number of aryl methyl sites for hydroxylation is 2. The van der Waals surface area contributed by atoms with Crippen LogP contribution >= 0.6 is 11.3 Å². The molecular weight excluding hydrogens is 452 g/mol. The molecule has 34 heavy (non-hydrogen) atoms. The average molecular weight is 475 g/mol. The third-order valence-corrected chi connectivity index (χ3v) is 6.78. The molecule has 5 aromatic rings. The summed E-state index contributed by atoms with van der Waals surface area (Å²) >= 11 is 1.27. The van der Waals surface area contributed by atoms with E-state index in [-0.39, 0.29) is 30.2 Å². The van der Waals surface area contributed by atoms with Crippen molar-refractivity contribution in [3.63, 3.8) is 0 Å². The van der Waals surface area contributed by atoms with Gasteiger partial charge in [0.1, 0.15) is 17.0 Å². The average Bonchev–Trinajstić information content (AvgIpc) is 3.42. The zero-order chi connectivity index (χ0) is 24.0. The Morgan fingerprint density at radius 2 is 1.88 bits per heavy atom. The highest BCUT2D eigenvalue weighted by Gasteiger charge is 2.21. The van der Waals surface area contributed by atoms with Crippen molar-refractivity contribution in [1.29, 1.82) is 0 Å². The van der Waals surface area contributed by atoms with E-state index in [2.05, 4.69) is 5.10 Å². The van der Waals surface area contributed by atoms with E-state index in [1.165, 1.54) is 20.3 Å². The first-order valence-electron chi connectivity index (χ1n) is 10.7. The molecule has 0 radical (unpaired) electrons. The van der Waals surface area contributed by atoms with Crippen LogP contribution in [0.4, 0.5) is 0 Å². The number of nitrogens with zero attached hydrogens (tertiary/aromatic N) is 4. The Labute approximate surface area is 198 Å². The van der Waals surface area contributed by atoms with Crippen LogP contribution in [0.15, 0.2) is 63.5 Å². The summed E-state index contributed by atoms with van der Waals surface area (Å²) in [5.74, 6) is 0.592. The predicted molar refractivity (Wildman–Crippen MR) is 131 cm³/mol. The maximum absolute atomic E-state index is 13.4. The zero-order valence-electron chi connectivity index (χ0n) is 18.9. The molecule has 2 aromatic carbocycles. The highest BCUT2D eigenvalue weighted by atomic mass is 32.1. The Balaban J connectivity index is 1.67. The van der Waals surface area contributed by atoms with E-state index >= 15 is 0 Å². The van der Waals surface area contributed by atoms with Gasteiger partial charge < -0.3 is 4.74 Å². The number of carbonyl (C=O) groups excluding carboxylic acids is 1. The van der Waals surface area contributed by atoms with Crippen LogP contribution in [0.2, 0.25) is 0 Å². The first kappa shape index (κ1) is 21.8. The second-order valence-corrected chi connectivity index (χ2v) is 9.07. The molecule has 0 aliphatic heterocycles. The molecule has 0 saturated heterocycles. The molecule has 0 saturated carbocycles. The van der Waals surface area contributed by atoms with E-state index in [1.807, 2.05) is 50.2 Å². The van der Waals surface area contributed by atoms with Crippen LogP contribution in [-0.2, 0) is 13.1 Å². The van der Waals surface area contributed by atoms with Crippen molar-refractivity contribution in [3.05, 3.63) is 97.0 Å². The van der Waals surface area contributed by atoms with Crippen LogP contribution in [0.5, 0.6) is 5.75 Å². The van der Waals surface area contributed by atoms with Crippen LogP contribution in [-0.4, -0.2) is 31.6 Å². The lowest BCUT2D eigenvalue weighted by Crippen LogP contribution is -2.27. The maximum atomic E-state index is 13.4. The van der Waals surface area contributed by atoms with Gasteiger partial charge >= 0.3 is 5.69 Å². The number of hydrogen-bond donors (Lipinski definition) is 0. The standard InChI is InChI=1S/C25H22N4O4S/c1-15-8-9-18(16(2)12-15)20(30)14-28-25(32)29-19-10-11-34-22(19)23(31)27(24(29)26-28)13-17-6-4-5-7-21(17)33-3/h4-12H,13-14H2,1-3H3. The Kier molecular flexibility index (Phi) is 5.41. The Bertz CT molecular complexity index is 1690. The van der Waals surface area contributed by atoms with E-state index in [4.69, 9.17) is 4.74 Å². The molecule has 3 heterocycles. The minimum Gasteiger partial charge on any atom is -0.496 e. The molecule has 0 atom stereocenters. The number of ether oxygens (including phenoxy) is 1. The molecule has 8 nitrogen and oxygen atoms in total. The van der Waals surface area contributed by atoms with Gasteiger partial charge in [0.25, 0.3) is 5.56 Å². The molecule has 0 spiro atoms. The summed E-state index contributed by atoms with van der Waals surface area (Å²) in [7, 11) is 1.57. The highest BCUT2D eigenvalue weighted by molar-refractivity contribution is 7.17. The molecule has 5 rings (SSSR count). The number of fused-ring (bicyclic) bond motifs is 3. The number of benzene rings is 2. The molecular formula is C25H22N4O4S. The summed E-state index contributed by atoms with van der Waals surface area (Å²) in [4.78, 5) is 39.7. The van der Waals surface area contributed by atoms with E-state index in [0.717, 1.165) is 21.4 Å². The summed E-state index contributed by atoms with van der Waals surface area (Å²) in [6.45, 7) is 3.77. The molecule has 0 N–H and O–H groups in total. The molecule has 0 unspecified atom stereocenters. The lowest BCUT2D eigenvalue weighted by Gasteiger charge is -2.11. The van der Waals surface area contributed by atoms with Gasteiger partial charge in [-0.1, -0.05) is 42.0 Å². The summed E-state index contributed by atoms with van der Waals surface area (Å²) in [6, 6.07) is 14.7. The van der Waals surface area contributed by atoms with Gasteiger partial charge in [-0.05, 0) is 36.9 Å². The lowest BCUT2D eigenvalue weighted by molar-refractivity contribution is 0.0965. The quantitative estimate of drug-likeness (QED) is 0.352. The van der Waals surface area contributed by atoms with Crippen LogP contribution < -0.4 is 16.0 Å². The van der Waals surface area contributed by atoms with Gasteiger partial charge in [-0.25, -0.2) is 13.9 Å². The number of Topliss-reactive ketones (excluding diaryl/α,β-unsaturated/α-hetero) is 1. The van der Waals surface area contributed by atoms with Crippen molar-refractivity contribution in [1.82, 2.24) is 18.7 Å². The molecule has 172 valence electrons. The number of rotatable bonds is 6. The predicted octanol–water partition coefficient (Wildman–Crippen LogP) is 3.43. The fraction of sp³-hybridized carbons (Fsp3) is 0.200. The topological polar surface area (TPSA) is 87.6 Å². The molecule has 0 amide bonds. The molecule has 0 aliphatic carbocycles. The van der Waals surface area contributed by atoms with Crippen molar-refractivity contribution < 1.29 is 9.53 Å². The van der Waals surface area contributed by atoms with Gasteiger partial charge in [0.05, 0.1) is 19.2 Å². The normalized spacial score (nSPS) is 11.4. The largest absolute Gasteiger partial charge is 0.496 e. The second-order valence-electron chi connectivity index (χ2n) is 8.16. The van der Waals surface area contributed by atoms with Crippen LogP contribution in [0.1, 0.15) is 27.0 Å². The Hall–Kier alpha value is -3.98. The number of carbonyl (C=O) groups is 1. The van der Waals surface area contributed by atoms with Gasteiger partial charge in [-0.3, -0.25) is 14.2 Å². The summed E-state index contributed by atoms with van der Waals surface area (Å²) in [5, 5.41) is 6.21. The number of ketones is 1. The molecule has 0 fully saturated rings. The first-order valence-corrected chi connectivity index (χ1v) is 11.6. The number of thiophene rings is 1. The Morgan fingerprint density at radius 1 is 1.09 bits per heavy atom. The minimum absolute atomic E-state index is 0.168. The van der Waals surface area contributed by atoms with Crippen molar-refractivity contribution in [2.45, 2.75) is 26.9 Å². The van der Waals surface area contributed by atoms with Crippen molar-refractivity contribution in [2.75, 3.05) is 7.11 Å². The fourth-order valence-electron chi connectivity index (χ4n) is 4.23. The van der Waals surface area contributed by atoms with Crippen LogP contribution in [0, 0.1) is 13.8 Å². The first-order chi connectivity index (χ1) is 16.4. The summed E-state index contributed by atoms with van der Waals surface area (Å²) in [5.41, 5.74) is 2.98. The third kappa shape index (κ3) is 3.54. The van der Waals surface area contributed by atoms with Crippen molar-refractivity contribution in [3.8, 4) is 5.75 Å². The molecule has 3 aromatic heterocycles. The monoisotopic (exact) mass is 474 g/mol. The van der Waals surface area contributed by atoms with Gasteiger partial charge in [0.15, 0.2) is 5.78 Å². The SMILES string of the molecule is COc1ccccc1Cn1c(=O)c2sccc2n2c(=O)n(CC(=O)c3ccc(C)cc3C)nc12. The van der Waals surface area contributed by atoms with Gasteiger partial charge in [-0.15, -0.1) is 16.4 Å². The molecule has 9 heteroatoms. The summed E-state index contributed by atoms with van der Waals surface area (Å²) in [6.07, 6.45) is 0. The smallest absolute Gasteiger partial charge is 0.352 e. The zero-order valence-corrected chi connectivity index (χ0v) is 19.8. The van der Waals surface area contributed by atoms with Gasteiger partial charge in [-0.2, -0.15) is 0 Å². The van der Waals surface area contributed by atoms with Gasteiger partial charge in [0.2, 0.25) is 5.78 Å². The summed E-state index contributed by atoms with van der Waals surface area (Å²) < 4.78 is 9.88. The molecule has 0 bridgehead atoms. The number of para-hydroxylation sites is 1. The number of methoxy groups -OCH3 is 1. The van der Waals surface area contributed by atoms with E-state index in [1.54, 1.807) is 24.6 Å². The van der Waals surface area contributed by atoms with Gasteiger partial charge in [0, 0.05) is 11.1 Å². The van der Waals surface area contributed by atoms with Crippen molar-refractivity contribution in [2.24, 2.45) is 0 Å². The minimum atomic E-state index is -0.467. The second kappa shape index (κ2) is 8.42. The van der Waals surface area contributed by atoms with E-state index < -0.39 is 5.69 Å². The van der Waals surface area contributed by atoms with Crippen molar-refractivity contribution >= 4 is 33.1 Å². The Morgan fingerprint density at radius 3 is 2.65 bits per heavy atom. The van der Waals surface area contributed by atoms with Crippen LogP contribution in [0.25, 0.3) is 16.0 Å². The van der Waals surface area contributed by atoms with E-state index in [9.17, 15) is 14.4 Å². The van der Waals surface area contributed by atoms with E-state index in [0.29, 0.717) is 21.5 Å². The molecule has 0 aliphatic rings. The fourth-order valence-corrected chi connectivity index (χ4v) is 5.06. The lowest BCUT2D eigenvalue weighted by atomic mass is 10.0. The maximum Gasteiger partial charge on any atom is 0.352 e.